The van der Waals surface area contributed by atoms with Crippen molar-refractivity contribution in [3.63, 3.8) is 0 Å². The van der Waals surface area contributed by atoms with Gasteiger partial charge in [0.05, 0.1) is 11.0 Å². The van der Waals surface area contributed by atoms with E-state index in [-0.39, 0.29) is 0 Å². The van der Waals surface area contributed by atoms with E-state index < -0.39 is 0 Å². The number of thioether (sulfide) groups is 1. The van der Waals surface area contributed by atoms with Gasteiger partial charge in [-0.1, -0.05) is 0 Å². The predicted molar refractivity (Wildman–Crippen MR) is 71.3 cm³/mol. The van der Waals surface area contributed by atoms with Gasteiger partial charge >= 0.3 is 0 Å². The van der Waals surface area contributed by atoms with Crippen LogP contribution in [-0.4, -0.2) is 17.5 Å². The number of rotatable bonds is 4. The van der Waals surface area contributed by atoms with Gasteiger partial charge in [-0.2, -0.15) is 11.8 Å². The van der Waals surface area contributed by atoms with Crippen LogP contribution in [0.5, 0.6) is 0 Å². The number of halogens is 2. The molecule has 0 spiro atoms. The lowest BCUT2D eigenvalue weighted by molar-refractivity contribution is 0.463. The largest absolute Gasteiger partial charge is 0.452 e. The fourth-order valence-corrected chi connectivity index (χ4v) is 3.53. The first-order valence-electron chi connectivity index (χ1n) is 5.02. The maximum absolute atomic E-state index is 5.48. The molecule has 1 unspecified atom stereocenters. The van der Waals surface area contributed by atoms with Gasteiger partial charge in [0.25, 0.3) is 0 Å². The van der Waals surface area contributed by atoms with Gasteiger partial charge in [-0.15, -0.1) is 0 Å². The summed E-state index contributed by atoms with van der Waals surface area (Å²) in [7, 11) is 0. The van der Waals surface area contributed by atoms with Crippen molar-refractivity contribution >= 4 is 43.6 Å². The van der Waals surface area contributed by atoms with Crippen molar-refractivity contribution in [1.82, 2.24) is 5.32 Å². The standard InChI is InChI=1S/C10H13Br2NOS/c11-9-4-7(14-10(9)12)5-13-6-8-2-1-3-15-8/h4,8,13H,1-3,5-6H2. The molecule has 1 atom stereocenters. The summed E-state index contributed by atoms with van der Waals surface area (Å²) in [6, 6.07) is 2.00. The average molecular weight is 355 g/mol. The van der Waals surface area contributed by atoms with E-state index in [0.717, 1.165) is 33.2 Å². The summed E-state index contributed by atoms with van der Waals surface area (Å²) < 4.78 is 7.23. The van der Waals surface area contributed by atoms with Gasteiger partial charge in [0.2, 0.25) is 0 Å². The van der Waals surface area contributed by atoms with E-state index in [1.54, 1.807) is 0 Å². The van der Waals surface area contributed by atoms with E-state index in [1.165, 1.54) is 18.6 Å². The highest BCUT2D eigenvalue weighted by Crippen LogP contribution is 2.27. The van der Waals surface area contributed by atoms with E-state index >= 15 is 0 Å². The second-order valence-corrected chi connectivity index (χ2v) is 6.58. The second kappa shape index (κ2) is 5.75. The van der Waals surface area contributed by atoms with Crippen molar-refractivity contribution in [2.45, 2.75) is 24.6 Å². The molecule has 1 aromatic heterocycles. The average Bonchev–Trinajstić information content (AvgIpc) is 2.79. The fourth-order valence-electron chi connectivity index (χ4n) is 1.64. The van der Waals surface area contributed by atoms with Crippen LogP contribution in [0.1, 0.15) is 18.6 Å². The minimum absolute atomic E-state index is 0.773. The quantitative estimate of drug-likeness (QED) is 0.890. The van der Waals surface area contributed by atoms with Gasteiger partial charge in [-0.3, -0.25) is 0 Å². The summed E-state index contributed by atoms with van der Waals surface area (Å²) in [6.07, 6.45) is 2.72. The van der Waals surface area contributed by atoms with Crippen molar-refractivity contribution in [1.29, 1.82) is 0 Å². The fraction of sp³-hybridized carbons (Fsp3) is 0.600. The maximum Gasteiger partial charge on any atom is 0.183 e. The van der Waals surface area contributed by atoms with Crippen molar-refractivity contribution in [2.75, 3.05) is 12.3 Å². The molecule has 0 amide bonds. The molecule has 0 saturated carbocycles. The molecule has 1 saturated heterocycles. The highest BCUT2D eigenvalue weighted by molar-refractivity contribution is 9.13. The molecular formula is C10H13Br2NOS. The van der Waals surface area contributed by atoms with Gasteiger partial charge in [-0.25, -0.2) is 0 Å². The zero-order valence-electron chi connectivity index (χ0n) is 8.26. The molecule has 5 heteroatoms. The van der Waals surface area contributed by atoms with Gasteiger partial charge in [0.1, 0.15) is 5.76 Å². The van der Waals surface area contributed by atoms with Crippen LogP contribution in [0.15, 0.2) is 19.6 Å². The molecule has 0 radical (unpaired) electrons. The van der Waals surface area contributed by atoms with Gasteiger partial charge < -0.3 is 9.73 Å². The third kappa shape index (κ3) is 3.51. The van der Waals surface area contributed by atoms with Gasteiger partial charge in [0, 0.05) is 11.8 Å². The van der Waals surface area contributed by atoms with E-state index in [2.05, 4.69) is 48.9 Å². The lowest BCUT2D eigenvalue weighted by atomic mass is 10.2. The third-order valence-electron chi connectivity index (χ3n) is 2.39. The topological polar surface area (TPSA) is 25.2 Å². The Morgan fingerprint density at radius 3 is 3.00 bits per heavy atom. The summed E-state index contributed by atoms with van der Waals surface area (Å²) in [6.45, 7) is 1.89. The number of furan rings is 1. The second-order valence-electron chi connectivity index (χ2n) is 3.60. The first-order chi connectivity index (χ1) is 7.25. The van der Waals surface area contributed by atoms with Crippen LogP contribution in [-0.2, 0) is 6.54 Å². The Labute approximate surface area is 111 Å². The Bertz CT molecular complexity index is 304. The normalized spacial score (nSPS) is 21.1. The molecule has 1 aliphatic rings. The molecule has 0 bridgehead atoms. The zero-order valence-corrected chi connectivity index (χ0v) is 12.3. The molecular weight excluding hydrogens is 342 g/mol. The van der Waals surface area contributed by atoms with Crippen LogP contribution in [0.4, 0.5) is 0 Å². The predicted octanol–water partition coefficient (Wildman–Crippen LogP) is 3.79. The zero-order chi connectivity index (χ0) is 10.7. The number of nitrogens with one attached hydrogen (secondary N) is 1. The van der Waals surface area contributed by atoms with E-state index in [9.17, 15) is 0 Å². The number of hydrogen-bond acceptors (Lipinski definition) is 3. The van der Waals surface area contributed by atoms with Crippen LogP contribution >= 0.6 is 43.6 Å². The first-order valence-corrected chi connectivity index (χ1v) is 7.65. The molecule has 0 aliphatic carbocycles. The SMILES string of the molecule is Brc1cc(CNCC2CCCS2)oc1Br. The van der Waals surface area contributed by atoms with Crippen molar-refractivity contribution in [2.24, 2.45) is 0 Å². The Hall–Kier alpha value is 0.550. The minimum atomic E-state index is 0.773. The van der Waals surface area contributed by atoms with Crippen LogP contribution in [0.25, 0.3) is 0 Å². The minimum Gasteiger partial charge on any atom is -0.452 e. The Morgan fingerprint density at radius 1 is 1.53 bits per heavy atom. The molecule has 84 valence electrons. The number of hydrogen-bond donors (Lipinski definition) is 1. The van der Waals surface area contributed by atoms with Crippen molar-refractivity contribution in [3.8, 4) is 0 Å². The Kier molecular flexibility index (Phi) is 4.61. The maximum atomic E-state index is 5.48. The van der Waals surface area contributed by atoms with Gasteiger partial charge in [-0.05, 0) is 56.5 Å². The summed E-state index contributed by atoms with van der Waals surface area (Å²) in [4.78, 5) is 0. The first kappa shape index (κ1) is 12.0. The molecule has 2 heterocycles. The smallest absolute Gasteiger partial charge is 0.183 e. The molecule has 2 nitrogen and oxygen atoms in total. The van der Waals surface area contributed by atoms with E-state index in [1.807, 2.05) is 6.07 Å². The van der Waals surface area contributed by atoms with Crippen LogP contribution in [0.2, 0.25) is 0 Å². The highest BCUT2D eigenvalue weighted by atomic mass is 79.9. The van der Waals surface area contributed by atoms with E-state index in [4.69, 9.17) is 4.42 Å². The Balaban J connectivity index is 1.73. The lowest BCUT2D eigenvalue weighted by Crippen LogP contribution is -2.22. The highest BCUT2D eigenvalue weighted by Gasteiger charge is 2.15. The molecule has 1 fully saturated rings. The molecule has 1 aliphatic heterocycles. The summed E-state index contributed by atoms with van der Waals surface area (Å²) in [5, 5.41) is 4.23. The van der Waals surface area contributed by atoms with E-state index in [0.29, 0.717) is 0 Å². The summed E-state index contributed by atoms with van der Waals surface area (Å²) in [5.74, 6) is 2.29. The lowest BCUT2D eigenvalue weighted by Gasteiger charge is -2.08. The molecule has 2 rings (SSSR count). The monoisotopic (exact) mass is 353 g/mol. The summed E-state index contributed by atoms with van der Waals surface area (Å²) in [5.41, 5.74) is 0. The third-order valence-corrected chi connectivity index (χ3v) is 5.50. The van der Waals surface area contributed by atoms with Crippen molar-refractivity contribution in [3.05, 3.63) is 21.0 Å². The van der Waals surface area contributed by atoms with Crippen LogP contribution < -0.4 is 5.32 Å². The molecule has 0 aromatic carbocycles. The molecule has 15 heavy (non-hydrogen) atoms. The summed E-state index contributed by atoms with van der Waals surface area (Å²) >= 11 is 8.80. The van der Waals surface area contributed by atoms with Gasteiger partial charge in [0.15, 0.2) is 4.67 Å². The van der Waals surface area contributed by atoms with Crippen LogP contribution in [0, 0.1) is 0 Å². The van der Waals surface area contributed by atoms with Crippen molar-refractivity contribution < 1.29 is 4.42 Å². The molecule has 1 aromatic rings. The van der Waals surface area contributed by atoms with Crippen LogP contribution in [0.3, 0.4) is 0 Å². The molecule has 1 N–H and O–H groups in total. The Morgan fingerprint density at radius 2 is 2.40 bits per heavy atom.